The molecule has 0 aliphatic rings. The third-order valence-electron chi connectivity index (χ3n) is 3.38. The summed E-state index contributed by atoms with van der Waals surface area (Å²) >= 11 is 0. The fourth-order valence-electron chi connectivity index (χ4n) is 2.48. The highest BCUT2D eigenvalue weighted by Gasteiger charge is 2.21. The molecular formula is C19H20O3. The summed E-state index contributed by atoms with van der Waals surface area (Å²) in [5, 5.41) is 9.26. The first kappa shape index (κ1) is 16.0. The van der Waals surface area contributed by atoms with Gasteiger partial charge in [-0.1, -0.05) is 63.2 Å². The SMILES string of the molecule is CC(C)(C)Cc1ccccc1C(=O)c1ccccc1C(=O)O. The largest absolute Gasteiger partial charge is 0.478 e. The first-order chi connectivity index (χ1) is 10.3. The van der Waals surface area contributed by atoms with Gasteiger partial charge in [-0.25, -0.2) is 4.79 Å². The Morgan fingerprint density at radius 1 is 0.864 bits per heavy atom. The monoisotopic (exact) mass is 296 g/mol. The minimum Gasteiger partial charge on any atom is -0.478 e. The molecule has 2 aromatic carbocycles. The summed E-state index contributed by atoms with van der Waals surface area (Å²) in [6.07, 6.45) is 0.754. The number of carbonyl (C=O) groups excluding carboxylic acids is 1. The van der Waals surface area contributed by atoms with E-state index < -0.39 is 5.97 Å². The number of rotatable bonds is 4. The second-order valence-corrected chi connectivity index (χ2v) is 6.57. The van der Waals surface area contributed by atoms with Crippen LogP contribution in [0.3, 0.4) is 0 Å². The topological polar surface area (TPSA) is 54.4 Å². The van der Waals surface area contributed by atoms with Crippen molar-refractivity contribution in [3.8, 4) is 0 Å². The molecule has 2 aromatic rings. The molecule has 0 aliphatic carbocycles. The number of carboxylic acid groups (broad SMARTS) is 1. The average molecular weight is 296 g/mol. The van der Waals surface area contributed by atoms with E-state index in [-0.39, 0.29) is 22.3 Å². The number of ketones is 1. The van der Waals surface area contributed by atoms with Crippen molar-refractivity contribution in [2.75, 3.05) is 0 Å². The third kappa shape index (κ3) is 3.61. The van der Waals surface area contributed by atoms with Gasteiger partial charge in [0.2, 0.25) is 0 Å². The van der Waals surface area contributed by atoms with Gasteiger partial charge in [0.25, 0.3) is 0 Å². The van der Waals surface area contributed by atoms with Gasteiger partial charge in [-0.05, 0) is 23.5 Å². The van der Waals surface area contributed by atoms with Gasteiger partial charge in [0.15, 0.2) is 5.78 Å². The molecule has 0 atom stereocenters. The number of hydrogen-bond donors (Lipinski definition) is 1. The first-order valence-electron chi connectivity index (χ1n) is 7.24. The summed E-state index contributed by atoms with van der Waals surface area (Å²) < 4.78 is 0. The quantitative estimate of drug-likeness (QED) is 0.860. The molecule has 3 heteroatoms. The summed E-state index contributed by atoms with van der Waals surface area (Å²) in [6.45, 7) is 6.33. The van der Waals surface area contributed by atoms with E-state index >= 15 is 0 Å². The van der Waals surface area contributed by atoms with E-state index in [0.29, 0.717) is 5.56 Å². The van der Waals surface area contributed by atoms with Gasteiger partial charge in [-0.3, -0.25) is 4.79 Å². The maximum absolute atomic E-state index is 12.8. The smallest absolute Gasteiger partial charge is 0.336 e. The van der Waals surface area contributed by atoms with Crippen LogP contribution in [0.5, 0.6) is 0 Å². The lowest BCUT2D eigenvalue weighted by Crippen LogP contribution is -2.15. The molecule has 0 spiro atoms. The van der Waals surface area contributed by atoms with E-state index in [9.17, 15) is 14.7 Å². The molecule has 0 saturated heterocycles. The van der Waals surface area contributed by atoms with Gasteiger partial charge in [0.1, 0.15) is 0 Å². The molecular weight excluding hydrogens is 276 g/mol. The van der Waals surface area contributed by atoms with E-state index in [4.69, 9.17) is 0 Å². The molecule has 0 aromatic heterocycles. The Morgan fingerprint density at radius 2 is 1.36 bits per heavy atom. The fourth-order valence-corrected chi connectivity index (χ4v) is 2.48. The summed E-state index contributed by atoms with van der Waals surface area (Å²) in [4.78, 5) is 24.1. The maximum Gasteiger partial charge on any atom is 0.336 e. The summed E-state index contributed by atoms with van der Waals surface area (Å²) in [7, 11) is 0. The second kappa shape index (κ2) is 6.14. The zero-order chi connectivity index (χ0) is 16.3. The van der Waals surface area contributed by atoms with Gasteiger partial charge in [0.05, 0.1) is 5.56 Å². The average Bonchev–Trinajstić information content (AvgIpc) is 2.45. The summed E-state index contributed by atoms with van der Waals surface area (Å²) in [5.41, 5.74) is 1.84. The molecule has 2 rings (SSSR count). The first-order valence-corrected chi connectivity index (χ1v) is 7.24. The molecule has 0 fully saturated rings. The van der Waals surface area contributed by atoms with Crippen molar-refractivity contribution >= 4 is 11.8 Å². The lowest BCUT2D eigenvalue weighted by Gasteiger charge is -2.20. The zero-order valence-electron chi connectivity index (χ0n) is 13.1. The van der Waals surface area contributed by atoms with Gasteiger partial charge in [-0.2, -0.15) is 0 Å². The Hall–Kier alpha value is -2.42. The summed E-state index contributed by atoms with van der Waals surface area (Å²) in [5.74, 6) is -1.32. The van der Waals surface area contributed by atoms with Crippen LogP contribution in [-0.2, 0) is 6.42 Å². The molecule has 0 heterocycles. The highest BCUT2D eigenvalue weighted by molar-refractivity contribution is 6.14. The molecule has 114 valence electrons. The highest BCUT2D eigenvalue weighted by atomic mass is 16.4. The van der Waals surface area contributed by atoms with E-state index in [1.807, 2.05) is 18.2 Å². The number of aromatic carboxylic acids is 1. The van der Waals surface area contributed by atoms with Crippen LogP contribution in [0.4, 0.5) is 0 Å². The Balaban J connectivity index is 2.49. The minimum atomic E-state index is -1.09. The van der Waals surface area contributed by atoms with E-state index in [0.717, 1.165) is 12.0 Å². The standard InChI is InChI=1S/C19H20O3/c1-19(2,3)12-13-8-4-5-9-14(13)17(20)15-10-6-7-11-16(15)18(21)22/h4-11H,12H2,1-3H3,(H,21,22). The van der Waals surface area contributed by atoms with Crippen LogP contribution < -0.4 is 0 Å². The molecule has 1 N–H and O–H groups in total. The molecule has 0 amide bonds. The van der Waals surface area contributed by atoms with Gasteiger partial charge in [-0.15, -0.1) is 0 Å². The second-order valence-electron chi connectivity index (χ2n) is 6.57. The minimum absolute atomic E-state index is 0.0399. The Bertz CT molecular complexity index is 709. The number of benzene rings is 2. The van der Waals surface area contributed by atoms with Crippen molar-refractivity contribution in [1.29, 1.82) is 0 Å². The van der Waals surface area contributed by atoms with Gasteiger partial charge in [0, 0.05) is 11.1 Å². The molecule has 0 unspecified atom stereocenters. The number of hydrogen-bond acceptors (Lipinski definition) is 2. The highest BCUT2D eigenvalue weighted by Crippen LogP contribution is 2.25. The van der Waals surface area contributed by atoms with E-state index in [1.165, 1.54) is 6.07 Å². The normalized spacial score (nSPS) is 11.2. The Labute approximate surface area is 130 Å². The van der Waals surface area contributed by atoms with E-state index in [1.54, 1.807) is 24.3 Å². The van der Waals surface area contributed by atoms with E-state index in [2.05, 4.69) is 20.8 Å². The lowest BCUT2D eigenvalue weighted by molar-refractivity contribution is 0.0692. The number of carbonyl (C=O) groups is 2. The van der Waals surface area contributed by atoms with Crippen LogP contribution in [0.1, 0.15) is 52.6 Å². The number of carboxylic acids is 1. The molecule has 0 radical (unpaired) electrons. The molecule has 22 heavy (non-hydrogen) atoms. The van der Waals surface area contributed by atoms with Crippen LogP contribution in [0, 0.1) is 5.41 Å². The molecule has 0 bridgehead atoms. The maximum atomic E-state index is 12.8. The van der Waals surface area contributed by atoms with Crippen molar-refractivity contribution in [3.63, 3.8) is 0 Å². The molecule has 0 saturated carbocycles. The Kier molecular flexibility index (Phi) is 4.45. The van der Waals surface area contributed by atoms with Gasteiger partial charge < -0.3 is 5.11 Å². The molecule has 3 nitrogen and oxygen atoms in total. The molecule has 0 aliphatic heterocycles. The lowest BCUT2D eigenvalue weighted by atomic mass is 9.84. The third-order valence-corrected chi connectivity index (χ3v) is 3.38. The van der Waals surface area contributed by atoms with Crippen LogP contribution in [0.15, 0.2) is 48.5 Å². The van der Waals surface area contributed by atoms with Crippen LogP contribution in [-0.4, -0.2) is 16.9 Å². The summed E-state index contributed by atoms with van der Waals surface area (Å²) in [6, 6.07) is 13.8. The predicted octanol–water partition coefficient (Wildman–Crippen LogP) is 4.20. The van der Waals surface area contributed by atoms with Crippen LogP contribution in [0.2, 0.25) is 0 Å². The Morgan fingerprint density at radius 3 is 1.91 bits per heavy atom. The van der Waals surface area contributed by atoms with Gasteiger partial charge >= 0.3 is 5.97 Å². The van der Waals surface area contributed by atoms with Crippen molar-refractivity contribution in [3.05, 3.63) is 70.8 Å². The van der Waals surface area contributed by atoms with Crippen LogP contribution >= 0.6 is 0 Å². The van der Waals surface area contributed by atoms with Crippen molar-refractivity contribution in [2.24, 2.45) is 5.41 Å². The fraction of sp³-hybridized carbons (Fsp3) is 0.263. The van der Waals surface area contributed by atoms with Crippen LogP contribution in [0.25, 0.3) is 0 Å². The van der Waals surface area contributed by atoms with Crippen molar-refractivity contribution < 1.29 is 14.7 Å². The van der Waals surface area contributed by atoms with Crippen molar-refractivity contribution in [2.45, 2.75) is 27.2 Å². The predicted molar refractivity (Wildman–Crippen MR) is 86.4 cm³/mol. The van der Waals surface area contributed by atoms with Crippen molar-refractivity contribution in [1.82, 2.24) is 0 Å². The zero-order valence-corrected chi connectivity index (χ0v) is 13.1.